The molecule has 0 aliphatic rings. The smallest absolute Gasteiger partial charge is 0.176 e. The summed E-state index contributed by atoms with van der Waals surface area (Å²) in [6, 6.07) is 12.8. The average molecular weight is 349 g/mol. The molecular formula is C15H10Cl2N4S. The minimum Gasteiger partial charge on any atom is -0.330 e. The largest absolute Gasteiger partial charge is 0.330 e. The highest BCUT2D eigenvalue weighted by molar-refractivity contribution is 7.80. The van der Waals surface area contributed by atoms with Gasteiger partial charge in [0.2, 0.25) is 0 Å². The van der Waals surface area contributed by atoms with Gasteiger partial charge in [-0.25, -0.2) is 4.98 Å². The van der Waals surface area contributed by atoms with E-state index in [9.17, 15) is 0 Å². The molecule has 3 aromatic rings. The molecule has 0 aliphatic heterocycles. The molecule has 3 rings (SSSR count). The first-order valence-electron chi connectivity index (χ1n) is 6.37. The lowest BCUT2D eigenvalue weighted by atomic mass is 10.3. The zero-order valence-corrected chi connectivity index (χ0v) is 13.5. The molecule has 0 amide bonds. The number of nitrogens with one attached hydrogen (secondary N) is 2. The second-order valence-electron chi connectivity index (χ2n) is 4.42. The molecule has 1 aromatic heterocycles. The highest BCUT2D eigenvalue weighted by Crippen LogP contribution is 2.29. The fraction of sp³-hybridized carbons (Fsp3) is 0. The second kappa shape index (κ2) is 6.44. The summed E-state index contributed by atoms with van der Waals surface area (Å²) in [7, 11) is 0. The third-order valence-corrected chi connectivity index (χ3v) is 3.73. The summed E-state index contributed by atoms with van der Waals surface area (Å²) in [5, 5.41) is 7.24. The number of benzene rings is 2. The Hall–Kier alpha value is -1.95. The van der Waals surface area contributed by atoms with E-state index in [1.807, 2.05) is 24.3 Å². The van der Waals surface area contributed by atoms with E-state index in [4.69, 9.17) is 35.4 Å². The van der Waals surface area contributed by atoms with Crippen molar-refractivity contribution in [1.82, 2.24) is 9.97 Å². The van der Waals surface area contributed by atoms with Crippen LogP contribution in [0.1, 0.15) is 0 Å². The van der Waals surface area contributed by atoms with E-state index in [1.54, 1.807) is 24.4 Å². The summed E-state index contributed by atoms with van der Waals surface area (Å²) in [5.41, 5.74) is 2.16. The van der Waals surface area contributed by atoms with Crippen LogP contribution in [0.5, 0.6) is 0 Å². The van der Waals surface area contributed by atoms with E-state index >= 15 is 0 Å². The van der Waals surface area contributed by atoms with Gasteiger partial charge >= 0.3 is 0 Å². The maximum Gasteiger partial charge on any atom is 0.176 e. The molecule has 0 bridgehead atoms. The second-order valence-corrected chi connectivity index (χ2v) is 5.64. The average Bonchev–Trinajstić information content (AvgIpc) is 2.51. The fourth-order valence-corrected chi connectivity index (χ4v) is 2.59. The Morgan fingerprint density at radius 2 is 1.59 bits per heavy atom. The van der Waals surface area contributed by atoms with E-state index in [0.717, 1.165) is 11.0 Å². The van der Waals surface area contributed by atoms with Crippen molar-refractivity contribution in [1.29, 1.82) is 0 Å². The van der Waals surface area contributed by atoms with Crippen molar-refractivity contribution in [2.75, 3.05) is 10.6 Å². The highest BCUT2D eigenvalue weighted by atomic mass is 35.5. The predicted octanol–water partition coefficient (Wildman–Crippen LogP) is 4.75. The number of rotatable bonds is 2. The first-order valence-corrected chi connectivity index (χ1v) is 7.54. The van der Waals surface area contributed by atoms with Gasteiger partial charge in [-0.1, -0.05) is 41.4 Å². The molecule has 110 valence electrons. The van der Waals surface area contributed by atoms with E-state index in [1.165, 1.54) is 0 Å². The Kier molecular flexibility index (Phi) is 4.38. The lowest BCUT2D eigenvalue weighted by Crippen LogP contribution is -2.20. The van der Waals surface area contributed by atoms with E-state index < -0.39 is 0 Å². The van der Waals surface area contributed by atoms with Gasteiger partial charge in [-0.15, -0.1) is 0 Å². The summed E-state index contributed by atoms with van der Waals surface area (Å²) in [5.74, 6) is 0.541. The Bertz CT molecular complexity index is 834. The molecule has 0 radical (unpaired) electrons. The SMILES string of the molecule is S=C(Nc1cnc2ccccc2n1)Nc1c(Cl)cccc1Cl. The van der Waals surface area contributed by atoms with Crippen LogP contribution >= 0.6 is 35.4 Å². The van der Waals surface area contributed by atoms with Crippen LogP contribution in [0.25, 0.3) is 11.0 Å². The number of nitrogens with zero attached hydrogens (tertiary/aromatic N) is 2. The predicted molar refractivity (Wildman–Crippen MR) is 95.8 cm³/mol. The normalized spacial score (nSPS) is 10.5. The molecule has 0 fully saturated rings. The summed E-state index contributed by atoms with van der Waals surface area (Å²) in [6.07, 6.45) is 1.62. The first-order chi connectivity index (χ1) is 10.6. The van der Waals surface area contributed by atoms with Crippen LogP contribution in [0.15, 0.2) is 48.7 Å². The van der Waals surface area contributed by atoms with Crippen molar-refractivity contribution < 1.29 is 0 Å². The van der Waals surface area contributed by atoms with Gasteiger partial charge in [0.05, 0.1) is 33.0 Å². The van der Waals surface area contributed by atoms with Crippen molar-refractivity contribution in [2.24, 2.45) is 0 Å². The Morgan fingerprint density at radius 1 is 0.909 bits per heavy atom. The number of hydrogen-bond acceptors (Lipinski definition) is 3. The van der Waals surface area contributed by atoms with Crippen LogP contribution in [0.3, 0.4) is 0 Å². The van der Waals surface area contributed by atoms with E-state index in [2.05, 4.69) is 20.6 Å². The van der Waals surface area contributed by atoms with Crippen molar-refractivity contribution in [3.8, 4) is 0 Å². The molecule has 0 unspecified atom stereocenters. The van der Waals surface area contributed by atoms with Crippen molar-refractivity contribution in [2.45, 2.75) is 0 Å². The third-order valence-electron chi connectivity index (χ3n) is 2.89. The molecule has 0 atom stereocenters. The summed E-state index contributed by atoms with van der Waals surface area (Å²) >= 11 is 17.4. The molecule has 7 heteroatoms. The van der Waals surface area contributed by atoms with Gasteiger partial charge in [0.15, 0.2) is 10.9 Å². The van der Waals surface area contributed by atoms with Gasteiger partial charge in [-0.05, 0) is 36.5 Å². The number of fused-ring (bicyclic) bond motifs is 1. The van der Waals surface area contributed by atoms with Crippen LogP contribution in [0.2, 0.25) is 10.0 Å². The lowest BCUT2D eigenvalue weighted by molar-refractivity contribution is 1.29. The highest BCUT2D eigenvalue weighted by Gasteiger charge is 2.08. The summed E-state index contributed by atoms with van der Waals surface area (Å²) in [4.78, 5) is 8.75. The third kappa shape index (κ3) is 3.27. The number of para-hydroxylation sites is 3. The Morgan fingerprint density at radius 3 is 2.32 bits per heavy atom. The Balaban J connectivity index is 1.78. The maximum atomic E-state index is 6.09. The Labute approximate surface area is 142 Å². The number of thiocarbonyl (C=S) groups is 1. The zero-order chi connectivity index (χ0) is 15.5. The standard InChI is InChI=1S/C15H10Cl2N4S/c16-9-4-3-5-10(17)14(9)21-15(22)20-13-8-18-11-6-1-2-7-12(11)19-13/h1-8H,(H2,19,20,21,22). The minimum absolute atomic E-state index is 0.333. The zero-order valence-electron chi connectivity index (χ0n) is 11.2. The molecule has 0 aliphatic carbocycles. The van der Waals surface area contributed by atoms with Crippen LogP contribution in [-0.4, -0.2) is 15.1 Å². The van der Waals surface area contributed by atoms with Crippen molar-refractivity contribution >= 4 is 63.1 Å². The van der Waals surface area contributed by atoms with E-state index in [-0.39, 0.29) is 0 Å². The van der Waals surface area contributed by atoms with Crippen LogP contribution < -0.4 is 10.6 Å². The summed E-state index contributed by atoms with van der Waals surface area (Å²) in [6.45, 7) is 0. The van der Waals surface area contributed by atoms with Gasteiger partial charge in [0.25, 0.3) is 0 Å². The van der Waals surface area contributed by atoms with Crippen molar-refractivity contribution in [3.63, 3.8) is 0 Å². The minimum atomic E-state index is 0.333. The van der Waals surface area contributed by atoms with E-state index in [0.29, 0.717) is 26.7 Å². The van der Waals surface area contributed by atoms with Crippen molar-refractivity contribution in [3.05, 3.63) is 58.7 Å². The molecule has 22 heavy (non-hydrogen) atoms. The van der Waals surface area contributed by atoms with Crippen LogP contribution in [0, 0.1) is 0 Å². The molecule has 2 N–H and O–H groups in total. The molecular weight excluding hydrogens is 339 g/mol. The van der Waals surface area contributed by atoms with Gasteiger partial charge in [-0.2, -0.15) is 0 Å². The topological polar surface area (TPSA) is 49.8 Å². The monoisotopic (exact) mass is 348 g/mol. The van der Waals surface area contributed by atoms with Gasteiger partial charge < -0.3 is 10.6 Å². The molecule has 1 heterocycles. The molecule has 4 nitrogen and oxygen atoms in total. The quantitative estimate of drug-likeness (QED) is 0.654. The van der Waals surface area contributed by atoms with Crippen LogP contribution in [-0.2, 0) is 0 Å². The maximum absolute atomic E-state index is 6.09. The molecule has 2 aromatic carbocycles. The van der Waals surface area contributed by atoms with Gasteiger partial charge in [-0.3, -0.25) is 4.98 Å². The number of halogens is 2. The summed E-state index contributed by atoms with van der Waals surface area (Å²) < 4.78 is 0. The van der Waals surface area contributed by atoms with Gasteiger partial charge in [0.1, 0.15) is 0 Å². The number of anilines is 2. The molecule has 0 spiro atoms. The van der Waals surface area contributed by atoms with Gasteiger partial charge in [0, 0.05) is 0 Å². The fourth-order valence-electron chi connectivity index (χ4n) is 1.90. The van der Waals surface area contributed by atoms with Crippen LogP contribution in [0.4, 0.5) is 11.5 Å². The first kappa shape index (κ1) is 15.0. The lowest BCUT2D eigenvalue weighted by Gasteiger charge is -2.12. The molecule has 0 saturated heterocycles. The number of aromatic nitrogens is 2. The number of hydrogen-bond donors (Lipinski definition) is 2. The molecule has 0 saturated carbocycles.